The maximum absolute atomic E-state index is 12.4. The van der Waals surface area contributed by atoms with E-state index in [4.69, 9.17) is 16.3 Å². The van der Waals surface area contributed by atoms with E-state index in [0.717, 1.165) is 29.0 Å². The number of nitrogens with one attached hydrogen (secondary N) is 2. The summed E-state index contributed by atoms with van der Waals surface area (Å²) in [6.07, 6.45) is 1.31. The molecule has 0 heterocycles. The molecule has 0 aromatic heterocycles. The maximum Gasteiger partial charge on any atom is 0.228 e. The summed E-state index contributed by atoms with van der Waals surface area (Å²) < 4.78 is 5.20. The Morgan fingerprint density at radius 2 is 1.93 bits per heavy atom. The Labute approximate surface area is 164 Å². The number of ether oxygens (including phenoxy) is 1. The number of rotatable bonds is 7. The molecule has 2 aromatic carbocycles. The summed E-state index contributed by atoms with van der Waals surface area (Å²) in [5, 5.41) is 6.44. The highest BCUT2D eigenvalue weighted by Gasteiger charge is 2.47. The van der Waals surface area contributed by atoms with Crippen LogP contribution in [0.5, 0.6) is 5.75 Å². The fourth-order valence-electron chi connectivity index (χ4n) is 3.06. The molecule has 1 saturated carbocycles. The molecule has 0 spiro atoms. The molecule has 2 N–H and O–H groups in total. The molecule has 3 rings (SSSR count). The molecule has 0 saturated heterocycles. The highest BCUT2D eigenvalue weighted by molar-refractivity contribution is 6.30. The van der Waals surface area contributed by atoms with Crippen LogP contribution in [-0.2, 0) is 16.0 Å². The Hall–Kier alpha value is -2.53. The number of hydrogen-bond acceptors (Lipinski definition) is 3. The largest absolute Gasteiger partial charge is 0.497 e. The van der Waals surface area contributed by atoms with Crippen LogP contribution in [0.1, 0.15) is 17.5 Å². The summed E-state index contributed by atoms with van der Waals surface area (Å²) >= 11 is 5.93. The zero-order valence-electron chi connectivity index (χ0n) is 15.4. The zero-order chi connectivity index (χ0) is 19.4. The molecule has 0 aliphatic heterocycles. The Morgan fingerprint density at radius 1 is 1.15 bits per heavy atom. The number of benzene rings is 2. The number of carbonyl (C=O) groups is 2. The fourth-order valence-corrected chi connectivity index (χ4v) is 3.28. The lowest BCUT2D eigenvalue weighted by Crippen LogP contribution is -2.29. The van der Waals surface area contributed by atoms with Crippen LogP contribution in [0, 0.1) is 18.8 Å². The number of amides is 2. The van der Waals surface area contributed by atoms with Crippen molar-refractivity contribution < 1.29 is 14.3 Å². The molecule has 6 heteroatoms. The van der Waals surface area contributed by atoms with Crippen LogP contribution >= 0.6 is 11.6 Å². The third kappa shape index (κ3) is 5.01. The number of halogens is 1. The molecule has 142 valence electrons. The van der Waals surface area contributed by atoms with Gasteiger partial charge in [0.25, 0.3) is 0 Å². The van der Waals surface area contributed by atoms with Crippen molar-refractivity contribution in [3.8, 4) is 5.75 Å². The van der Waals surface area contributed by atoms with Gasteiger partial charge in [0.1, 0.15) is 5.75 Å². The monoisotopic (exact) mass is 386 g/mol. The summed E-state index contributed by atoms with van der Waals surface area (Å²) in [6, 6.07) is 13.1. The summed E-state index contributed by atoms with van der Waals surface area (Å²) in [4.78, 5) is 24.6. The average molecular weight is 387 g/mol. The summed E-state index contributed by atoms with van der Waals surface area (Å²) in [5.74, 6) is 0.106. The van der Waals surface area contributed by atoms with Crippen LogP contribution in [0.2, 0.25) is 5.02 Å². The van der Waals surface area contributed by atoms with Crippen LogP contribution in [0.3, 0.4) is 0 Å². The van der Waals surface area contributed by atoms with Crippen molar-refractivity contribution in [1.82, 2.24) is 5.32 Å². The second-order valence-electron chi connectivity index (χ2n) is 6.79. The van der Waals surface area contributed by atoms with Gasteiger partial charge in [-0.3, -0.25) is 9.59 Å². The van der Waals surface area contributed by atoms with Crippen molar-refractivity contribution in [2.75, 3.05) is 19.0 Å². The molecule has 5 nitrogen and oxygen atoms in total. The standard InChI is InChI=1S/C21H23ClN2O3/c1-13-10-15(22)6-7-19(13)24-21(26)18-12-17(18)20(25)23-9-8-14-4-3-5-16(11-14)27-2/h3-7,10-11,17-18H,8-9,12H2,1-2H3,(H,23,25)(H,24,26). The van der Waals surface area contributed by atoms with Gasteiger partial charge in [-0.25, -0.2) is 0 Å². The molecular formula is C21H23ClN2O3. The zero-order valence-corrected chi connectivity index (χ0v) is 16.2. The van der Waals surface area contributed by atoms with Gasteiger partial charge in [-0.1, -0.05) is 23.7 Å². The quantitative estimate of drug-likeness (QED) is 0.764. The highest BCUT2D eigenvalue weighted by Crippen LogP contribution is 2.39. The van der Waals surface area contributed by atoms with Gasteiger partial charge in [-0.15, -0.1) is 0 Å². The van der Waals surface area contributed by atoms with E-state index in [2.05, 4.69) is 10.6 Å². The number of methoxy groups -OCH3 is 1. The Balaban J connectivity index is 1.45. The lowest BCUT2D eigenvalue weighted by Gasteiger charge is -2.09. The molecule has 2 unspecified atom stereocenters. The van der Waals surface area contributed by atoms with Crippen LogP contribution in [0.25, 0.3) is 0 Å². The van der Waals surface area contributed by atoms with Crippen molar-refractivity contribution in [1.29, 1.82) is 0 Å². The van der Waals surface area contributed by atoms with Crippen LogP contribution < -0.4 is 15.4 Å². The second-order valence-corrected chi connectivity index (χ2v) is 7.23. The van der Waals surface area contributed by atoms with E-state index in [1.165, 1.54) is 0 Å². The molecule has 2 atom stereocenters. The normalized spacial score (nSPS) is 17.9. The van der Waals surface area contributed by atoms with E-state index >= 15 is 0 Å². The fraction of sp³-hybridized carbons (Fsp3) is 0.333. The molecule has 0 bridgehead atoms. The molecule has 0 radical (unpaired) electrons. The van der Waals surface area contributed by atoms with E-state index in [1.54, 1.807) is 25.3 Å². The maximum atomic E-state index is 12.4. The molecular weight excluding hydrogens is 364 g/mol. The van der Waals surface area contributed by atoms with E-state index in [0.29, 0.717) is 18.0 Å². The second kappa shape index (κ2) is 8.44. The minimum Gasteiger partial charge on any atom is -0.497 e. The van der Waals surface area contributed by atoms with E-state index < -0.39 is 0 Å². The summed E-state index contributed by atoms with van der Waals surface area (Å²) in [6.45, 7) is 2.42. The number of hydrogen-bond donors (Lipinski definition) is 2. The highest BCUT2D eigenvalue weighted by atomic mass is 35.5. The van der Waals surface area contributed by atoms with Gasteiger partial charge in [-0.2, -0.15) is 0 Å². The predicted octanol–water partition coefficient (Wildman–Crippen LogP) is 3.59. The first-order chi connectivity index (χ1) is 13.0. The van der Waals surface area contributed by atoms with Gasteiger partial charge in [0.2, 0.25) is 11.8 Å². The van der Waals surface area contributed by atoms with Gasteiger partial charge in [0.05, 0.1) is 18.9 Å². The van der Waals surface area contributed by atoms with Crippen molar-refractivity contribution in [3.05, 3.63) is 58.6 Å². The summed E-state index contributed by atoms with van der Waals surface area (Å²) in [7, 11) is 1.63. The third-order valence-corrected chi connectivity index (χ3v) is 4.99. The number of anilines is 1. The Kier molecular flexibility index (Phi) is 6.01. The molecule has 1 fully saturated rings. The number of aryl methyl sites for hydroxylation is 1. The number of carbonyl (C=O) groups excluding carboxylic acids is 2. The predicted molar refractivity (Wildman–Crippen MR) is 106 cm³/mol. The molecule has 1 aliphatic rings. The van der Waals surface area contributed by atoms with Crippen LogP contribution in [0.15, 0.2) is 42.5 Å². The average Bonchev–Trinajstić information content (AvgIpc) is 3.45. The van der Waals surface area contributed by atoms with Crippen molar-refractivity contribution in [2.24, 2.45) is 11.8 Å². The minimum absolute atomic E-state index is 0.0640. The van der Waals surface area contributed by atoms with Gasteiger partial charge in [-0.05, 0) is 61.2 Å². The molecule has 2 amide bonds. The van der Waals surface area contributed by atoms with Crippen molar-refractivity contribution in [2.45, 2.75) is 19.8 Å². The van der Waals surface area contributed by atoms with Gasteiger partial charge >= 0.3 is 0 Å². The van der Waals surface area contributed by atoms with Gasteiger partial charge < -0.3 is 15.4 Å². The van der Waals surface area contributed by atoms with E-state index in [-0.39, 0.29) is 23.7 Å². The van der Waals surface area contributed by atoms with Crippen LogP contribution in [-0.4, -0.2) is 25.5 Å². The van der Waals surface area contributed by atoms with Gasteiger partial charge in [0, 0.05) is 17.3 Å². The Bertz CT molecular complexity index is 853. The lowest BCUT2D eigenvalue weighted by atomic mass is 10.1. The third-order valence-electron chi connectivity index (χ3n) is 4.76. The van der Waals surface area contributed by atoms with Crippen molar-refractivity contribution in [3.63, 3.8) is 0 Å². The summed E-state index contributed by atoms with van der Waals surface area (Å²) in [5.41, 5.74) is 2.72. The first kappa shape index (κ1) is 19.2. The van der Waals surface area contributed by atoms with E-state index in [1.807, 2.05) is 31.2 Å². The SMILES string of the molecule is COc1cccc(CCNC(=O)C2CC2C(=O)Nc2ccc(Cl)cc2C)c1. The first-order valence-corrected chi connectivity index (χ1v) is 9.33. The van der Waals surface area contributed by atoms with E-state index in [9.17, 15) is 9.59 Å². The lowest BCUT2D eigenvalue weighted by molar-refractivity contribution is -0.125. The first-order valence-electron chi connectivity index (χ1n) is 8.95. The molecule has 2 aromatic rings. The van der Waals surface area contributed by atoms with Crippen LogP contribution in [0.4, 0.5) is 5.69 Å². The molecule has 1 aliphatic carbocycles. The smallest absolute Gasteiger partial charge is 0.228 e. The topological polar surface area (TPSA) is 67.4 Å². The Morgan fingerprint density at radius 3 is 2.67 bits per heavy atom. The molecule has 27 heavy (non-hydrogen) atoms. The van der Waals surface area contributed by atoms with Crippen molar-refractivity contribution >= 4 is 29.1 Å². The minimum atomic E-state index is -0.267. The van der Waals surface area contributed by atoms with Gasteiger partial charge in [0.15, 0.2) is 0 Å².